The molecule has 6 heteroatoms. The molecule has 0 radical (unpaired) electrons. The van der Waals surface area contributed by atoms with Gasteiger partial charge in [-0.3, -0.25) is 9.59 Å². The van der Waals surface area contributed by atoms with Crippen LogP contribution in [0.3, 0.4) is 0 Å². The molecular formula is C13H21NO5. The van der Waals surface area contributed by atoms with Gasteiger partial charge in [-0.1, -0.05) is 0 Å². The van der Waals surface area contributed by atoms with Crippen LogP contribution in [-0.2, 0) is 23.9 Å². The third-order valence-electron chi connectivity index (χ3n) is 3.20. The largest absolute Gasteiger partial charge is 0.467 e. The molecule has 0 aromatic carbocycles. The Morgan fingerprint density at radius 1 is 1.47 bits per heavy atom. The quantitative estimate of drug-likeness (QED) is 0.709. The normalized spacial score (nSPS) is 20.7. The van der Waals surface area contributed by atoms with Gasteiger partial charge >= 0.3 is 5.97 Å². The number of hydrogen-bond acceptors (Lipinski definition) is 5. The number of esters is 1. The van der Waals surface area contributed by atoms with Gasteiger partial charge in [-0.05, 0) is 25.7 Å². The molecule has 0 bridgehead atoms. The van der Waals surface area contributed by atoms with Crippen LogP contribution in [-0.4, -0.2) is 44.0 Å². The fourth-order valence-electron chi connectivity index (χ4n) is 2.25. The van der Waals surface area contributed by atoms with Crippen LogP contribution in [0.25, 0.3) is 0 Å². The molecule has 1 fully saturated rings. The predicted octanol–water partition coefficient (Wildman–Crippen LogP) is 0.440. The summed E-state index contributed by atoms with van der Waals surface area (Å²) in [4.78, 5) is 34.8. The van der Waals surface area contributed by atoms with Crippen LogP contribution in [0, 0.1) is 5.92 Å². The fraction of sp³-hybridized carbons (Fsp3) is 0.769. The molecule has 0 spiro atoms. The summed E-state index contributed by atoms with van der Waals surface area (Å²) in [5.74, 6) is -0.927. The lowest BCUT2D eigenvalue weighted by atomic mass is 9.83. The fourth-order valence-corrected chi connectivity index (χ4v) is 2.25. The molecule has 1 aliphatic rings. The Balaban J connectivity index is 2.63. The third-order valence-corrected chi connectivity index (χ3v) is 3.20. The van der Waals surface area contributed by atoms with Crippen molar-refractivity contribution >= 4 is 17.7 Å². The summed E-state index contributed by atoms with van der Waals surface area (Å²) in [7, 11) is 1.27. The minimum atomic E-state index is -0.762. The molecule has 1 amide bonds. The van der Waals surface area contributed by atoms with Crippen molar-refractivity contribution < 1.29 is 23.9 Å². The van der Waals surface area contributed by atoms with E-state index in [0.29, 0.717) is 19.4 Å². The highest BCUT2D eigenvalue weighted by molar-refractivity contribution is 5.86. The molecule has 6 nitrogen and oxygen atoms in total. The van der Waals surface area contributed by atoms with Crippen molar-refractivity contribution in [3.05, 3.63) is 0 Å². The number of amides is 1. The molecule has 0 unspecified atom stereocenters. The highest BCUT2D eigenvalue weighted by Crippen LogP contribution is 2.25. The zero-order valence-corrected chi connectivity index (χ0v) is 11.4. The van der Waals surface area contributed by atoms with E-state index in [0.717, 1.165) is 12.8 Å². The van der Waals surface area contributed by atoms with E-state index in [1.165, 1.54) is 7.11 Å². The summed E-state index contributed by atoms with van der Waals surface area (Å²) in [5, 5.41) is 2.60. The smallest absolute Gasteiger partial charge is 0.328 e. The van der Waals surface area contributed by atoms with Crippen LogP contribution in [0.15, 0.2) is 0 Å². The molecule has 1 aliphatic carbocycles. The van der Waals surface area contributed by atoms with Crippen molar-refractivity contribution in [2.75, 3.05) is 20.3 Å². The van der Waals surface area contributed by atoms with Crippen LogP contribution in [0.1, 0.15) is 32.6 Å². The van der Waals surface area contributed by atoms with E-state index in [1.807, 2.05) is 0 Å². The maximum Gasteiger partial charge on any atom is 0.328 e. The molecule has 0 aliphatic heterocycles. The summed E-state index contributed by atoms with van der Waals surface area (Å²) in [5.41, 5.74) is 0. The van der Waals surface area contributed by atoms with Gasteiger partial charge in [0.25, 0.3) is 0 Å². The molecule has 108 valence electrons. The lowest BCUT2D eigenvalue weighted by Gasteiger charge is -2.28. The Kier molecular flexibility index (Phi) is 6.49. The van der Waals surface area contributed by atoms with Gasteiger partial charge in [0.05, 0.1) is 7.11 Å². The maximum atomic E-state index is 11.7. The number of rotatable bonds is 6. The monoisotopic (exact) mass is 271 g/mol. The number of Topliss-reactive ketones (excluding diaryl/α,β-unsaturated/α-hetero) is 1. The molecule has 2 atom stereocenters. The first kappa shape index (κ1) is 15.6. The van der Waals surface area contributed by atoms with E-state index in [2.05, 4.69) is 5.32 Å². The lowest BCUT2D eigenvalue weighted by molar-refractivity contribution is -0.148. The molecular weight excluding hydrogens is 250 g/mol. The molecule has 0 aromatic heterocycles. The summed E-state index contributed by atoms with van der Waals surface area (Å²) >= 11 is 0. The topological polar surface area (TPSA) is 81.7 Å². The average molecular weight is 271 g/mol. The van der Waals surface area contributed by atoms with Crippen molar-refractivity contribution in [1.29, 1.82) is 0 Å². The van der Waals surface area contributed by atoms with E-state index < -0.39 is 12.0 Å². The van der Waals surface area contributed by atoms with E-state index in [1.54, 1.807) is 6.92 Å². The lowest BCUT2D eigenvalue weighted by Crippen LogP contribution is -2.49. The highest BCUT2D eigenvalue weighted by atomic mass is 16.5. The van der Waals surface area contributed by atoms with Crippen molar-refractivity contribution in [3.63, 3.8) is 0 Å². The summed E-state index contributed by atoms with van der Waals surface area (Å²) in [6, 6.07) is -0.762. The first-order valence-electron chi connectivity index (χ1n) is 6.55. The van der Waals surface area contributed by atoms with Gasteiger partial charge in [0, 0.05) is 19.4 Å². The van der Waals surface area contributed by atoms with Crippen LogP contribution in [0.5, 0.6) is 0 Å². The van der Waals surface area contributed by atoms with Gasteiger partial charge in [0.2, 0.25) is 5.91 Å². The Bertz CT molecular complexity index is 342. The molecule has 0 heterocycles. The number of hydrogen-bond donors (Lipinski definition) is 1. The molecule has 1 saturated carbocycles. The van der Waals surface area contributed by atoms with Crippen LogP contribution in [0.2, 0.25) is 0 Å². The van der Waals surface area contributed by atoms with Crippen molar-refractivity contribution in [3.8, 4) is 0 Å². The van der Waals surface area contributed by atoms with Gasteiger partial charge in [0.15, 0.2) is 0 Å². The molecule has 0 saturated heterocycles. The number of ether oxygens (including phenoxy) is 2. The Labute approximate surface area is 112 Å². The predicted molar refractivity (Wildman–Crippen MR) is 67.4 cm³/mol. The second-order valence-corrected chi connectivity index (χ2v) is 4.60. The zero-order chi connectivity index (χ0) is 14.3. The summed E-state index contributed by atoms with van der Waals surface area (Å²) in [6.45, 7) is 2.12. The van der Waals surface area contributed by atoms with Crippen LogP contribution >= 0.6 is 0 Å². The Morgan fingerprint density at radius 3 is 2.79 bits per heavy atom. The second-order valence-electron chi connectivity index (χ2n) is 4.60. The molecule has 1 rings (SSSR count). The minimum Gasteiger partial charge on any atom is -0.467 e. The Morgan fingerprint density at radius 2 is 2.21 bits per heavy atom. The zero-order valence-electron chi connectivity index (χ0n) is 11.4. The van der Waals surface area contributed by atoms with E-state index >= 15 is 0 Å². The molecule has 1 N–H and O–H groups in total. The number of nitrogens with one attached hydrogen (secondary N) is 1. The van der Waals surface area contributed by atoms with Crippen molar-refractivity contribution in [2.24, 2.45) is 5.92 Å². The first-order chi connectivity index (χ1) is 9.08. The van der Waals surface area contributed by atoms with Gasteiger partial charge in [-0.15, -0.1) is 0 Å². The van der Waals surface area contributed by atoms with E-state index in [4.69, 9.17) is 9.47 Å². The van der Waals surface area contributed by atoms with E-state index in [-0.39, 0.29) is 24.2 Å². The number of carbonyl (C=O) groups is 3. The van der Waals surface area contributed by atoms with Crippen LogP contribution in [0.4, 0.5) is 0 Å². The minimum absolute atomic E-state index is 0.0926. The van der Waals surface area contributed by atoms with Gasteiger partial charge in [-0.25, -0.2) is 4.79 Å². The number of ketones is 1. The van der Waals surface area contributed by atoms with E-state index in [9.17, 15) is 14.4 Å². The third kappa shape index (κ3) is 4.98. The van der Waals surface area contributed by atoms with Crippen LogP contribution < -0.4 is 5.32 Å². The maximum absolute atomic E-state index is 11.7. The SMILES string of the molecule is CCOCC(=O)N[C@@H](C(=O)OC)[C@@H]1CCCC(=O)C1. The molecule has 19 heavy (non-hydrogen) atoms. The number of carbonyl (C=O) groups excluding carboxylic acids is 3. The Hall–Kier alpha value is -1.43. The van der Waals surface area contributed by atoms with Crippen molar-refractivity contribution in [2.45, 2.75) is 38.6 Å². The van der Waals surface area contributed by atoms with Crippen molar-refractivity contribution in [1.82, 2.24) is 5.32 Å². The second kappa shape index (κ2) is 7.89. The average Bonchev–Trinajstić information content (AvgIpc) is 2.41. The van der Waals surface area contributed by atoms with Gasteiger partial charge < -0.3 is 14.8 Å². The number of methoxy groups -OCH3 is 1. The highest BCUT2D eigenvalue weighted by Gasteiger charge is 2.33. The summed E-state index contributed by atoms with van der Waals surface area (Å²) in [6.07, 6.45) is 2.35. The van der Waals surface area contributed by atoms with Gasteiger partial charge in [0.1, 0.15) is 18.4 Å². The summed E-state index contributed by atoms with van der Waals surface area (Å²) < 4.78 is 9.69. The molecule has 0 aromatic rings. The first-order valence-corrected chi connectivity index (χ1v) is 6.55. The van der Waals surface area contributed by atoms with Gasteiger partial charge in [-0.2, -0.15) is 0 Å². The standard InChI is InChI=1S/C13H21NO5/c1-3-19-8-11(16)14-12(13(17)18-2)9-5-4-6-10(15)7-9/h9,12H,3-8H2,1-2H3,(H,14,16)/t9-,12-/m1/s1.